The first-order chi connectivity index (χ1) is 9.11. The first kappa shape index (κ1) is 15.2. The Morgan fingerprint density at radius 1 is 1.32 bits per heavy atom. The highest BCUT2D eigenvalue weighted by atomic mass is 32.2. The fraction of sp³-hybridized carbons (Fsp3) is 1.00. The Morgan fingerprint density at radius 2 is 2.00 bits per heavy atom. The summed E-state index contributed by atoms with van der Waals surface area (Å²) in [5, 5.41) is 0. The van der Waals surface area contributed by atoms with Gasteiger partial charge in [-0.1, -0.05) is 13.3 Å². The summed E-state index contributed by atoms with van der Waals surface area (Å²) in [7, 11) is -3.37. The van der Waals surface area contributed by atoms with Crippen LogP contribution in [0.5, 0.6) is 0 Å². The van der Waals surface area contributed by atoms with E-state index in [0.717, 1.165) is 19.3 Å². The molecule has 6 nitrogen and oxygen atoms in total. The smallest absolute Gasteiger partial charge is 0.282 e. The van der Waals surface area contributed by atoms with Gasteiger partial charge in [0.2, 0.25) is 0 Å². The summed E-state index contributed by atoms with van der Waals surface area (Å²) in [5.41, 5.74) is 5.78. The molecule has 1 saturated heterocycles. The SMILES string of the molecule is CCN(C1CCCC1CN)S(=O)(=O)N1CCOCC1. The molecule has 2 fully saturated rings. The lowest BCUT2D eigenvalue weighted by molar-refractivity contribution is 0.0688. The Hall–Kier alpha value is -0.210. The molecule has 0 aromatic heterocycles. The van der Waals surface area contributed by atoms with Crippen molar-refractivity contribution in [3.63, 3.8) is 0 Å². The van der Waals surface area contributed by atoms with Crippen LogP contribution in [-0.4, -0.2) is 62.5 Å². The Balaban J connectivity index is 2.15. The summed E-state index contributed by atoms with van der Waals surface area (Å²) < 4.78 is 33.9. The van der Waals surface area contributed by atoms with E-state index in [-0.39, 0.29) is 6.04 Å². The monoisotopic (exact) mass is 291 g/mol. The first-order valence-corrected chi connectivity index (χ1v) is 8.55. The number of nitrogens with two attached hydrogens (primary N) is 1. The van der Waals surface area contributed by atoms with E-state index in [2.05, 4.69) is 0 Å². The maximum atomic E-state index is 12.7. The van der Waals surface area contributed by atoms with Gasteiger partial charge in [-0.05, 0) is 25.3 Å². The standard InChI is InChI=1S/C12H25N3O3S/c1-2-15(12-5-3-4-11(12)10-13)19(16,17)14-6-8-18-9-7-14/h11-12H,2-10,13H2,1H3. The second-order valence-electron chi connectivity index (χ2n) is 5.22. The number of nitrogens with zero attached hydrogens (tertiary/aromatic N) is 2. The number of morpholine rings is 1. The Labute approximate surface area is 116 Å². The molecule has 0 spiro atoms. The summed E-state index contributed by atoms with van der Waals surface area (Å²) in [6.45, 7) is 4.88. The van der Waals surface area contributed by atoms with Gasteiger partial charge in [0.1, 0.15) is 0 Å². The molecule has 2 unspecified atom stereocenters. The predicted octanol–water partition coefficient (Wildman–Crippen LogP) is 0.0127. The van der Waals surface area contributed by atoms with Crippen molar-refractivity contribution < 1.29 is 13.2 Å². The van der Waals surface area contributed by atoms with Crippen LogP contribution in [0.3, 0.4) is 0 Å². The minimum Gasteiger partial charge on any atom is -0.379 e. The van der Waals surface area contributed by atoms with Gasteiger partial charge in [0.15, 0.2) is 0 Å². The molecule has 0 bridgehead atoms. The molecular formula is C12H25N3O3S. The van der Waals surface area contributed by atoms with E-state index in [9.17, 15) is 8.42 Å². The molecule has 2 N–H and O–H groups in total. The van der Waals surface area contributed by atoms with Gasteiger partial charge in [0.25, 0.3) is 10.2 Å². The summed E-state index contributed by atoms with van der Waals surface area (Å²) >= 11 is 0. The van der Waals surface area contributed by atoms with Crippen LogP contribution in [0.15, 0.2) is 0 Å². The van der Waals surface area contributed by atoms with Gasteiger partial charge in [-0.25, -0.2) is 0 Å². The highest BCUT2D eigenvalue weighted by molar-refractivity contribution is 7.86. The highest BCUT2D eigenvalue weighted by Gasteiger charge is 2.39. The van der Waals surface area contributed by atoms with Crippen molar-refractivity contribution in [1.29, 1.82) is 0 Å². The molecule has 0 aromatic carbocycles. The predicted molar refractivity (Wildman–Crippen MR) is 73.9 cm³/mol. The van der Waals surface area contributed by atoms with Gasteiger partial charge in [-0.3, -0.25) is 0 Å². The first-order valence-electron chi connectivity index (χ1n) is 7.16. The summed E-state index contributed by atoms with van der Waals surface area (Å²) in [5.74, 6) is 0.302. The lowest BCUT2D eigenvalue weighted by atomic mass is 10.0. The van der Waals surface area contributed by atoms with Crippen LogP contribution in [0, 0.1) is 5.92 Å². The summed E-state index contributed by atoms with van der Waals surface area (Å²) in [4.78, 5) is 0. The Morgan fingerprint density at radius 3 is 2.58 bits per heavy atom. The van der Waals surface area contributed by atoms with Gasteiger partial charge in [-0.2, -0.15) is 17.0 Å². The second-order valence-corrected chi connectivity index (χ2v) is 7.10. The summed E-state index contributed by atoms with van der Waals surface area (Å²) in [6.07, 6.45) is 3.04. The summed E-state index contributed by atoms with van der Waals surface area (Å²) in [6, 6.07) is 0.0721. The van der Waals surface area contributed by atoms with Crippen LogP contribution < -0.4 is 5.73 Å². The third-order valence-corrected chi connectivity index (χ3v) is 6.34. The topological polar surface area (TPSA) is 75.9 Å². The molecule has 1 aliphatic heterocycles. The van der Waals surface area contributed by atoms with Crippen molar-refractivity contribution in [3.8, 4) is 0 Å². The molecule has 0 amide bonds. The van der Waals surface area contributed by atoms with Gasteiger partial charge in [0.05, 0.1) is 13.2 Å². The molecule has 2 rings (SSSR count). The van der Waals surface area contributed by atoms with E-state index in [0.29, 0.717) is 45.3 Å². The van der Waals surface area contributed by atoms with Gasteiger partial charge >= 0.3 is 0 Å². The largest absolute Gasteiger partial charge is 0.379 e. The lowest BCUT2D eigenvalue weighted by Crippen LogP contribution is -2.53. The molecular weight excluding hydrogens is 266 g/mol. The van der Waals surface area contributed by atoms with Crippen LogP contribution in [0.4, 0.5) is 0 Å². The Kier molecular flexibility index (Phi) is 5.19. The van der Waals surface area contributed by atoms with Gasteiger partial charge in [-0.15, -0.1) is 0 Å². The molecule has 112 valence electrons. The molecule has 19 heavy (non-hydrogen) atoms. The lowest BCUT2D eigenvalue weighted by Gasteiger charge is -2.36. The third-order valence-electron chi connectivity index (χ3n) is 4.20. The number of ether oxygens (including phenoxy) is 1. The molecule has 0 radical (unpaired) electrons. The van der Waals surface area contributed by atoms with Crippen molar-refractivity contribution in [3.05, 3.63) is 0 Å². The van der Waals surface area contributed by atoms with Crippen molar-refractivity contribution in [1.82, 2.24) is 8.61 Å². The molecule has 0 aromatic rings. The average Bonchev–Trinajstić information content (AvgIpc) is 2.88. The van der Waals surface area contributed by atoms with E-state index in [1.54, 1.807) is 8.61 Å². The average molecular weight is 291 g/mol. The van der Waals surface area contributed by atoms with Crippen molar-refractivity contribution in [2.24, 2.45) is 11.7 Å². The molecule has 2 atom stereocenters. The number of hydrogen-bond donors (Lipinski definition) is 1. The third kappa shape index (κ3) is 3.11. The quantitative estimate of drug-likeness (QED) is 0.774. The zero-order valence-electron chi connectivity index (χ0n) is 11.6. The van der Waals surface area contributed by atoms with Crippen molar-refractivity contribution in [2.75, 3.05) is 39.4 Å². The fourth-order valence-electron chi connectivity index (χ4n) is 3.17. The van der Waals surface area contributed by atoms with Crippen LogP contribution in [-0.2, 0) is 14.9 Å². The van der Waals surface area contributed by atoms with Crippen LogP contribution in [0.25, 0.3) is 0 Å². The van der Waals surface area contributed by atoms with Gasteiger partial charge in [0, 0.05) is 25.7 Å². The molecule has 1 saturated carbocycles. The Bertz CT molecular complexity index is 382. The normalized spacial score (nSPS) is 30.1. The maximum Gasteiger partial charge on any atom is 0.282 e. The van der Waals surface area contributed by atoms with Crippen molar-refractivity contribution >= 4 is 10.2 Å². The van der Waals surface area contributed by atoms with E-state index >= 15 is 0 Å². The van der Waals surface area contributed by atoms with E-state index < -0.39 is 10.2 Å². The van der Waals surface area contributed by atoms with Crippen LogP contribution in [0.2, 0.25) is 0 Å². The molecule has 1 aliphatic carbocycles. The van der Waals surface area contributed by atoms with E-state index in [1.165, 1.54) is 0 Å². The second kappa shape index (κ2) is 6.49. The van der Waals surface area contributed by atoms with Gasteiger partial charge < -0.3 is 10.5 Å². The zero-order chi connectivity index (χ0) is 13.9. The minimum atomic E-state index is -3.37. The number of hydrogen-bond acceptors (Lipinski definition) is 4. The van der Waals surface area contributed by atoms with E-state index in [1.807, 2.05) is 6.92 Å². The highest BCUT2D eigenvalue weighted by Crippen LogP contribution is 2.31. The fourth-order valence-corrected chi connectivity index (χ4v) is 5.02. The minimum absolute atomic E-state index is 0.0721. The zero-order valence-corrected chi connectivity index (χ0v) is 12.4. The maximum absolute atomic E-state index is 12.7. The van der Waals surface area contributed by atoms with Crippen LogP contribution in [0.1, 0.15) is 26.2 Å². The molecule has 2 aliphatic rings. The molecule has 7 heteroatoms. The van der Waals surface area contributed by atoms with E-state index in [4.69, 9.17) is 10.5 Å². The number of rotatable bonds is 5. The van der Waals surface area contributed by atoms with Crippen molar-refractivity contribution in [2.45, 2.75) is 32.2 Å². The molecule has 1 heterocycles. The van der Waals surface area contributed by atoms with Crippen LogP contribution >= 0.6 is 0 Å².